The average molecular weight is 576 g/mol. The van der Waals surface area contributed by atoms with Gasteiger partial charge in [0.2, 0.25) is 0 Å². The van der Waals surface area contributed by atoms with Crippen LogP contribution >= 0.6 is 23.4 Å². The summed E-state index contributed by atoms with van der Waals surface area (Å²) in [6.07, 6.45) is 7.04. The molecule has 0 N–H and O–H groups in total. The van der Waals surface area contributed by atoms with E-state index in [1.165, 1.54) is 25.2 Å². The highest BCUT2D eigenvalue weighted by atomic mass is 35.5. The number of carbonyl (C=O) groups is 2. The lowest BCUT2D eigenvalue weighted by molar-refractivity contribution is -0.109. The van der Waals surface area contributed by atoms with Crippen LogP contribution in [0.3, 0.4) is 0 Å². The van der Waals surface area contributed by atoms with Crippen LogP contribution in [0.1, 0.15) is 56.6 Å². The van der Waals surface area contributed by atoms with Gasteiger partial charge in [0.15, 0.2) is 13.4 Å². The Labute approximate surface area is 235 Å². The number of ether oxygens (including phenoxy) is 1. The number of aromatic nitrogens is 3. The Bertz CT molecular complexity index is 1290. The first-order valence-corrected chi connectivity index (χ1v) is 17.1. The van der Waals surface area contributed by atoms with Gasteiger partial charge < -0.3 is 13.7 Å². The first kappa shape index (κ1) is 30.3. The number of halogens is 1. The van der Waals surface area contributed by atoms with E-state index in [1.807, 2.05) is 16.7 Å². The molecule has 0 unspecified atom stereocenters. The maximum atomic E-state index is 13.2. The van der Waals surface area contributed by atoms with Crippen LogP contribution in [0.15, 0.2) is 30.9 Å². The van der Waals surface area contributed by atoms with E-state index in [-0.39, 0.29) is 10.2 Å². The second-order valence-electron chi connectivity index (χ2n) is 10.8. The molecule has 0 amide bonds. The number of aryl methyl sites for hydroxylation is 2. The van der Waals surface area contributed by atoms with Gasteiger partial charge in [-0.25, -0.2) is 14.8 Å². The molecule has 0 aliphatic rings. The second kappa shape index (κ2) is 12.8. The van der Waals surface area contributed by atoms with Crippen LogP contribution in [0.2, 0.25) is 23.2 Å². The molecule has 0 fully saturated rings. The zero-order chi connectivity index (χ0) is 28.1. The summed E-state index contributed by atoms with van der Waals surface area (Å²) in [5, 5.41) is 1.69. The van der Waals surface area contributed by atoms with Gasteiger partial charge in [-0.3, -0.25) is 4.79 Å². The largest absolute Gasteiger partial charge is 0.464 e. The highest BCUT2D eigenvalue weighted by molar-refractivity contribution is 8.13. The molecular formula is C28H38ClN3O4SSi. The van der Waals surface area contributed by atoms with E-state index in [0.29, 0.717) is 42.5 Å². The van der Waals surface area contributed by atoms with Crippen LogP contribution in [0.5, 0.6) is 0 Å². The van der Waals surface area contributed by atoms with Crippen LogP contribution < -0.4 is 0 Å². The fourth-order valence-electron chi connectivity index (χ4n) is 4.23. The molecule has 0 spiro atoms. The third kappa shape index (κ3) is 6.86. The lowest BCUT2D eigenvalue weighted by Gasteiger charge is -2.36. The van der Waals surface area contributed by atoms with Crippen molar-refractivity contribution in [2.24, 2.45) is 0 Å². The summed E-state index contributed by atoms with van der Waals surface area (Å²) in [5.41, 5.74) is 3.82. The molecule has 38 heavy (non-hydrogen) atoms. The van der Waals surface area contributed by atoms with E-state index < -0.39 is 14.3 Å². The minimum Gasteiger partial charge on any atom is -0.464 e. The number of methoxy groups -OCH3 is 1. The molecule has 2 heterocycles. The number of hydrogen-bond donors (Lipinski definition) is 0. The van der Waals surface area contributed by atoms with Crippen LogP contribution in [0.25, 0.3) is 22.0 Å². The van der Waals surface area contributed by atoms with Gasteiger partial charge in [0.1, 0.15) is 12.0 Å². The fraction of sp³-hybridized carbons (Fsp3) is 0.500. The van der Waals surface area contributed by atoms with E-state index >= 15 is 0 Å². The van der Waals surface area contributed by atoms with E-state index in [2.05, 4.69) is 43.8 Å². The second-order valence-corrected chi connectivity index (χ2v) is 17.3. The van der Waals surface area contributed by atoms with Crippen molar-refractivity contribution < 1.29 is 18.8 Å². The lowest BCUT2D eigenvalue weighted by atomic mass is 10.0. The van der Waals surface area contributed by atoms with Crippen molar-refractivity contribution in [1.29, 1.82) is 0 Å². The smallest absolute Gasteiger partial charge is 0.354 e. The van der Waals surface area contributed by atoms with Crippen molar-refractivity contribution in [1.82, 2.24) is 14.5 Å². The molecule has 0 saturated heterocycles. The molecule has 10 heteroatoms. The summed E-state index contributed by atoms with van der Waals surface area (Å²) in [6.45, 7) is 13.9. The number of esters is 1. The molecular weight excluding hydrogens is 538 g/mol. The summed E-state index contributed by atoms with van der Waals surface area (Å²) in [5.74, 6) is 0.252. The number of carbonyl (C=O) groups excluding carboxylic acids is 2. The van der Waals surface area contributed by atoms with Gasteiger partial charge in [-0.05, 0) is 49.0 Å². The van der Waals surface area contributed by atoms with Crippen molar-refractivity contribution in [3.63, 3.8) is 0 Å². The van der Waals surface area contributed by atoms with Crippen LogP contribution in [0.4, 0.5) is 0 Å². The third-order valence-corrected chi connectivity index (χ3v) is 12.9. The summed E-state index contributed by atoms with van der Waals surface area (Å²) in [6, 6.07) is 3.83. The molecule has 3 aromatic rings. The van der Waals surface area contributed by atoms with Crippen molar-refractivity contribution in [3.8, 4) is 11.1 Å². The molecule has 0 saturated carbocycles. The minimum atomic E-state index is -1.88. The molecule has 206 valence electrons. The molecule has 0 aliphatic carbocycles. The number of thioether (sulfide) groups is 1. The average Bonchev–Trinajstić information content (AvgIpc) is 3.16. The number of benzene rings is 1. The predicted molar refractivity (Wildman–Crippen MR) is 159 cm³/mol. The summed E-state index contributed by atoms with van der Waals surface area (Å²) in [4.78, 5) is 33.1. The van der Waals surface area contributed by atoms with Gasteiger partial charge in [0.05, 0.1) is 17.6 Å². The predicted octanol–water partition coefficient (Wildman–Crippen LogP) is 7.16. The third-order valence-electron chi connectivity index (χ3n) is 7.18. The monoisotopic (exact) mass is 575 g/mol. The van der Waals surface area contributed by atoms with Crippen LogP contribution in [0, 0.1) is 0 Å². The molecule has 7 nitrogen and oxygen atoms in total. The van der Waals surface area contributed by atoms with Gasteiger partial charge in [-0.15, -0.1) is 0 Å². The fourth-order valence-corrected chi connectivity index (χ4v) is 6.14. The Morgan fingerprint density at radius 3 is 2.42 bits per heavy atom. The number of fused-ring (bicyclic) bond motifs is 1. The Morgan fingerprint density at radius 2 is 1.82 bits per heavy atom. The highest BCUT2D eigenvalue weighted by Crippen LogP contribution is 2.40. The molecule has 0 bridgehead atoms. The topological polar surface area (TPSA) is 83.3 Å². The Hall–Kier alpha value is -2.20. The van der Waals surface area contributed by atoms with Crippen LogP contribution in [-0.4, -0.2) is 53.4 Å². The van der Waals surface area contributed by atoms with E-state index in [1.54, 1.807) is 19.3 Å². The maximum absolute atomic E-state index is 13.2. The number of rotatable bonds is 11. The van der Waals surface area contributed by atoms with Gasteiger partial charge in [0.25, 0.3) is 0 Å². The summed E-state index contributed by atoms with van der Waals surface area (Å²) >= 11 is 8.04. The van der Waals surface area contributed by atoms with Crippen molar-refractivity contribution in [2.75, 3.05) is 19.5 Å². The Morgan fingerprint density at radius 1 is 1.13 bits per heavy atom. The van der Waals surface area contributed by atoms with E-state index in [9.17, 15) is 9.59 Å². The quantitative estimate of drug-likeness (QED) is 0.136. The maximum Gasteiger partial charge on any atom is 0.354 e. The minimum absolute atomic E-state index is 0.0724. The highest BCUT2D eigenvalue weighted by Gasteiger charge is 2.37. The molecule has 2 aromatic heterocycles. The first-order valence-electron chi connectivity index (χ1n) is 12.8. The van der Waals surface area contributed by atoms with Crippen molar-refractivity contribution in [3.05, 3.63) is 47.1 Å². The van der Waals surface area contributed by atoms with Gasteiger partial charge >= 0.3 is 5.97 Å². The Balaban J connectivity index is 2.11. The normalized spacial score (nSPS) is 12.2. The lowest BCUT2D eigenvalue weighted by Crippen LogP contribution is -2.41. The van der Waals surface area contributed by atoms with Gasteiger partial charge in [-0.2, -0.15) is 0 Å². The van der Waals surface area contributed by atoms with Crippen LogP contribution in [-0.2, 0) is 26.9 Å². The first-order chi connectivity index (χ1) is 17.9. The Kier molecular flexibility index (Phi) is 10.2. The van der Waals surface area contributed by atoms with Crippen molar-refractivity contribution in [2.45, 2.75) is 71.6 Å². The van der Waals surface area contributed by atoms with Gasteiger partial charge in [0, 0.05) is 54.7 Å². The zero-order valence-electron chi connectivity index (χ0n) is 23.4. The SMILES string of the molecule is COC(=O)c1c(CCCO[Si](C)(C)C(C)(C)C)c2ccc(Cl)c(-c3cncnc3)c2n1CCCSC(C)=O. The van der Waals surface area contributed by atoms with E-state index in [0.717, 1.165) is 34.0 Å². The molecule has 0 radical (unpaired) electrons. The number of hydrogen-bond acceptors (Lipinski definition) is 7. The zero-order valence-corrected chi connectivity index (χ0v) is 26.0. The number of nitrogens with zero attached hydrogens (tertiary/aromatic N) is 3. The van der Waals surface area contributed by atoms with E-state index in [4.69, 9.17) is 20.8 Å². The standard InChI is InChI=1S/C28H38ClN3O4SSi/c1-19(33)37-15-9-13-32-25-22(11-12-23(29)24(25)20-16-30-18-31-17-20)21(26(32)27(34)35-5)10-8-14-36-38(6,7)28(2,3)4/h11-12,16-18H,8-10,13-15H2,1-7H3. The van der Waals surface area contributed by atoms with Crippen molar-refractivity contribution >= 4 is 53.7 Å². The summed E-state index contributed by atoms with van der Waals surface area (Å²) < 4.78 is 13.7. The van der Waals surface area contributed by atoms with Gasteiger partial charge in [-0.1, -0.05) is 50.2 Å². The molecule has 3 rings (SSSR count). The molecule has 0 atom stereocenters. The molecule has 1 aromatic carbocycles. The molecule has 0 aliphatic heterocycles. The summed E-state index contributed by atoms with van der Waals surface area (Å²) in [7, 11) is -0.482.